The fourth-order valence-electron chi connectivity index (χ4n) is 1.52. The van der Waals surface area contributed by atoms with Gasteiger partial charge in [0.2, 0.25) is 0 Å². The molecule has 0 amide bonds. The number of nitrogens with zero attached hydrogens (tertiary/aromatic N) is 1. The van der Waals surface area contributed by atoms with Crippen molar-refractivity contribution in [3.05, 3.63) is 35.7 Å². The van der Waals surface area contributed by atoms with Crippen molar-refractivity contribution in [1.29, 1.82) is 0 Å². The normalized spacial score (nSPS) is 11.3. The van der Waals surface area contributed by atoms with E-state index < -0.39 is 0 Å². The van der Waals surface area contributed by atoms with E-state index in [1.54, 1.807) is 12.4 Å². The Morgan fingerprint density at radius 3 is 3.12 bits per heavy atom. The van der Waals surface area contributed by atoms with Crippen LogP contribution in [0, 0.1) is 0 Å². The highest BCUT2D eigenvalue weighted by Gasteiger charge is 2.03. The lowest BCUT2D eigenvalue weighted by Gasteiger charge is -1.94. The summed E-state index contributed by atoms with van der Waals surface area (Å²) in [7, 11) is 0. The smallest absolute Gasteiger partial charge is 0.152 e. The van der Waals surface area contributed by atoms with Crippen LogP contribution < -0.4 is 0 Å². The van der Waals surface area contributed by atoms with Crippen LogP contribution in [0.1, 0.15) is 22.3 Å². The Balaban J connectivity index is 2.37. The standard InChI is InChI=1S/C12H12N2OS/c15-8-10-7-14-12-11(10)5-9(6-13-12)3-1-2-4-16/h1,3,5-8,16H,2,4H2,(H,13,14). The van der Waals surface area contributed by atoms with Gasteiger partial charge in [-0.3, -0.25) is 4.79 Å². The van der Waals surface area contributed by atoms with Crippen LogP contribution in [0.3, 0.4) is 0 Å². The molecule has 82 valence electrons. The van der Waals surface area contributed by atoms with Crippen LogP contribution >= 0.6 is 12.6 Å². The van der Waals surface area contributed by atoms with Gasteiger partial charge in [0, 0.05) is 23.3 Å². The van der Waals surface area contributed by atoms with Crippen molar-refractivity contribution < 1.29 is 4.79 Å². The lowest BCUT2D eigenvalue weighted by Crippen LogP contribution is -1.81. The van der Waals surface area contributed by atoms with Gasteiger partial charge in [-0.25, -0.2) is 4.98 Å². The average Bonchev–Trinajstić information content (AvgIpc) is 2.71. The maximum atomic E-state index is 10.8. The molecule has 2 aromatic heterocycles. The number of nitrogens with one attached hydrogen (secondary N) is 1. The van der Waals surface area contributed by atoms with Crippen molar-refractivity contribution in [2.45, 2.75) is 6.42 Å². The molecule has 0 aliphatic carbocycles. The van der Waals surface area contributed by atoms with Gasteiger partial charge >= 0.3 is 0 Å². The Labute approximate surface area is 99.0 Å². The summed E-state index contributed by atoms with van der Waals surface area (Å²) in [5, 5.41) is 0.864. The number of aromatic amines is 1. The van der Waals surface area contributed by atoms with E-state index in [1.165, 1.54) is 0 Å². The molecule has 0 saturated heterocycles. The van der Waals surface area contributed by atoms with E-state index in [4.69, 9.17) is 0 Å². The molecule has 0 spiro atoms. The van der Waals surface area contributed by atoms with E-state index in [0.717, 1.165) is 35.1 Å². The lowest BCUT2D eigenvalue weighted by atomic mass is 10.1. The zero-order valence-electron chi connectivity index (χ0n) is 8.68. The van der Waals surface area contributed by atoms with E-state index in [2.05, 4.69) is 22.6 Å². The third-order valence-electron chi connectivity index (χ3n) is 2.32. The molecule has 3 nitrogen and oxygen atoms in total. The molecule has 2 heterocycles. The van der Waals surface area contributed by atoms with Crippen molar-refractivity contribution in [3.63, 3.8) is 0 Å². The van der Waals surface area contributed by atoms with Gasteiger partial charge in [-0.05, 0) is 23.8 Å². The molecule has 0 unspecified atom stereocenters. The predicted molar refractivity (Wildman–Crippen MR) is 69.0 cm³/mol. The van der Waals surface area contributed by atoms with Crippen LogP contribution in [-0.4, -0.2) is 22.0 Å². The molecule has 0 aliphatic heterocycles. The summed E-state index contributed by atoms with van der Waals surface area (Å²) in [6.07, 6.45) is 9.25. The zero-order chi connectivity index (χ0) is 11.4. The molecule has 0 aliphatic rings. The molecule has 16 heavy (non-hydrogen) atoms. The van der Waals surface area contributed by atoms with Gasteiger partial charge in [-0.1, -0.05) is 12.2 Å². The minimum atomic E-state index is 0.645. The fourth-order valence-corrected chi connectivity index (χ4v) is 1.67. The number of thiol groups is 1. The highest BCUT2D eigenvalue weighted by molar-refractivity contribution is 7.80. The van der Waals surface area contributed by atoms with Crippen LogP contribution in [0.2, 0.25) is 0 Å². The van der Waals surface area contributed by atoms with Gasteiger partial charge in [-0.2, -0.15) is 12.6 Å². The number of allylic oxidation sites excluding steroid dienone is 1. The van der Waals surface area contributed by atoms with Gasteiger partial charge in [0.05, 0.1) is 0 Å². The molecule has 0 aromatic carbocycles. The molecule has 4 heteroatoms. The molecular formula is C12H12N2OS. The van der Waals surface area contributed by atoms with Crippen LogP contribution in [0.25, 0.3) is 17.1 Å². The lowest BCUT2D eigenvalue weighted by molar-refractivity contribution is 0.112. The molecule has 0 saturated carbocycles. The molecule has 1 N–H and O–H groups in total. The van der Waals surface area contributed by atoms with Crippen molar-refractivity contribution in [2.75, 3.05) is 5.75 Å². The van der Waals surface area contributed by atoms with E-state index in [9.17, 15) is 4.79 Å². The Morgan fingerprint density at radius 2 is 2.38 bits per heavy atom. The van der Waals surface area contributed by atoms with Gasteiger partial charge < -0.3 is 4.98 Å². The SMILES string of the molecule is O=Cc1c[nH]c2ncc(C=CCCS)cc12. The molecule has 0 bridgehead atoms. The van der Waals surface area contributed by atoms with Crippen LogP contribution in [-0.2, 0) is 0 Å². The number of carbonyl (C=O) groups is 1. The third kappa shape index (κ3) is 2.17. The van der Waals surface area contributed by atoms with Gasteiger partial charge in [0.15, 0.2) is 6.29 Å². The second-order valence-electron chi connectivity index (χ2n) is 3.44. The second-order valence-corrected chi connectivity index (χ2v) is 3.89. The molecule has 2 rings (SSSR count). The average molecular weight is 232 g/mol. The Hall–Kier alpha value is -1.55. The Kier molecular flexibility index (Phi) is 3.41. The number of pyridine rings is 1. The van der Waals surface area contributed by atoms with Crippen LogP contribution in [0.5, 0.6) is 0 Å². The number of aldehydes is 1. The molecule has 0 atom stereocenters. The first-order valence-corrected chi connectivity index (χ1v) is 5.68. The van der Waals surface area contributed by atoms with Crippen molar-refractivity contribution in [3.8, 4) is 0 Å². The Morgan fingerprint density at radius 1 is 1.50 bits per heavy atom. The first-order chi connectivity index (χ1) is 7.85. The topological polar surface area (TPSA) is 45.8 Å². The minimum absolute atomic E-state index is 0.645. The number of fused-ring (bicyclic) bond motifs is 1. The van der Waals surface area contributed by atoms with E-state index >= 15 is 0 Å². The van der Waals surface area contributed by atoms with Gasteiger partial charge in [-0.15, -0.1) is 0 Å². The van der Waals surface area contributed by atoms with E-state index in [1.807, 2.05) is 18.2 Å². The highest BCUT2D eigenvalue weighted by atomic mass is 32.1. The number of hydrogen-bond donors (Lipinski definition) is 2. The summed E-state index contributed by atoms with van der Waals surface area (Å²) in [6.45, 7) is 0. The number of hydrogen-bond acceptors (Lipinski definition) is 3. The molecule has 2 aromatic rings. The predicted octanol–water partition coefficient (Wildman–Crippen LogP) is 2.71. The quantitative estimate of drug-likeness (QED) is 0.629. The summed E-state index contributed by atoms with van der Waals surface area (Å²) in [5.41, 5.74) is 2.39. The van der Waals surface area contributed by atoms with Gasteiger partial charge in [0.25, 0.3) is 0 Å². The molecule has 0 fully saturated rings. The summed E-state index contributed by atoms with van der Waals surface area (Å²) >= 11 is 4.13. The highest BCUT2D eigenvalue weighted by Crippen LogP contribution is 2.16. The number of carbonyl (C=O) groups excluding carboxylic acids is 1. The third-order valence-corrected chi connectivity index (χ3v) is 2.58. The summed E-state index contributed by atoms with van der Waals surface area (Å²) in [5.74, 6) is 0.829. The monoisotopic (exact) mass is 232 g/mol. The summed E-state index contributed by atoms with van der Waals surface area (Å²) < 4.78 is 0. The number of rotatable bonds is 4. The molecule has 0 radical (unpaired) electrons. The summed E-state index contributed by atoms with van der Waals surface area (Å²) in [4.78, 5) is 18.0. The molecular weight excluding hydrogens is 220 g/mol. The van der Waals surface area contributed by atoms with Gasteiger partial charge in [0.1, 0.15) is 5.65 Å². The van der Waals surface area contributed by atoms with Crippen molar-refractivity contribution in [2.24, 2.45) is 0 Å². The number of H-pyrrole nitrogens is 1. The van der Waals surface area contributed by atoms with E-state index in [-0.39, 0.29) is 0 Å². The van der Waals surface area contributed by atoms with Crippen molar-refractivity contribution in [1.82, 2.24) is 9.97 Å². The van der Waals surface area contributed by atoms with Crippen LogP contribution in [0.15, 0.2) is 24.5 Å². The van der Waals surface area contributed by atoms with Crippen molar-refractivity contribution >= 4 is 36.0 Å². The van der Waals surface area contributed by atoms with E-state index in [0.29, 0.717) is 5.56 Å². The summed E-state index contributed by atoms with van der Waals surface area (Å²) in [6, 6.07) is 1.96. The largest absolute Gasteiger partial charge is 0.345 e. The number of aromatic nitrogens is 2. The Bertz CT molecular complexity index is 531. The first kappa shape index (κ1) is 11.0. The maximum absolute atomic E-state index is 10.8. The second kappa shape index (κ2) is 4.99. The first-order valence-electron chi connectivity index (χ1n) is 5.05. The maximum Gasteiger partial charge on any atom is 0.152 e. The van der Waals surface area contributed by atoms with Crippen LogP contribution in [0.4, 0.5) is 0 Å². The fraction of sp³-hybridized carbons (Fsp3) is 0.167. The zero-order valence-corrected chi connectivity index (χ0v) is 9.58. The minimum Gasteiger partial charge on any atom is -0.345 e.